The Morgan fingerprint density at radius 1 is 1.43 bits per heavy atom. The number of nitrogens with one attached hydrogen (secondary N) is 1. The molecule has 1 aliphatic heterocycles. The average molecular weight is 290 g/mol. The van der Waals surface area contributed by atoms with Gasteiger partial charge in [-0.2, -0.15) is 0 Å². The molecule has 1 unspecified atom stereocenters. The summed E-state index contributed by atoms with van der Waals surface area (Å²) < 4.78 is 5.10. The fourth-order valence-corrected chi connectivity index (χ4v) is 3.09. The Hall–Kier alpha value is -1.42. The van der Waals surface area contributed by atoms with E-state index >= 15 is 0 Å². The Morgan fingerprint density at radius 2 is 2.19 bits per heavy atom. The van der Waals surface area contributed by atoms with Crippen LogP contribution >= 0.6 is 0 Å². The monoisotopic (exact) mass is 290 g/mol. The summed E-state index contributed by atoms with van der Waals surface area (Å²) in [7, 11) is 1.62. The van der Waals surface area contributed by atoms with Crippen molar-refractivity contribution in [3.63, 3.8) is 0 Å². The van der Waals surface area contributed by atoms with Crippen LogP contribution in [0.2, 0.25) is 0 Å². The van der Waals surface area contributed by atoms with Gasteiger partial charge in [0.05, 0.1) is 7.11 Å². The van der Waals surface area contributed by atoms with Crippen molar-refractivity contribution in [3.8, 4) is 5.88 Å². The zero-order valence-electron chi connectivity index (χ0n) is 13.1. The van der Waals surface area contributed by atoms with Crippen molar-refractivity contribution in [3.05, 3.63) is 23.9 Å². The van der Waals surface area contributed by atoms with E-state index in [1.54, 1.807) is 14.0 Å². The van der Waals surface area contributed by atoms with E-state index in [1.165, 1.54) is 19.3 Å². The van der Waals surface area contributed by atoms with Gasteiger partial charge in [-0.3, -0.25) is 0 Å². The van der Waals surface area contributed by atoms with Crippen LogP contribution in [-0.2, 0) is 4.79 Å². The molecule has 1 aromatic heterocycles. The molecule has 0 bridgehead atoms. The maximum Gasteiger partial charge on any atom is 0.212 e. The molecule has 0 aliphatic carbocycles. The summed E-state index contributed by atoms with van der Waals surface area (Å²) in [6.45, 7) is 3.94. The van der Waals surface area contributed by atoms with Crippen LogP contribution in [0.15, 0.2) is 18.3 Å². The molecule has 1 N–H and O–H groups in total. The third-order valence-electron chi connectivity index (χ3n) is 4.36. The van der Waals surface area contributed by atoms with Gasteiger partial charge >= 0.3 is 0 Å². The van der Waals surface area contributed by atoms with E-state index in [9.17, 15) is 4.79 Å². The van der Waals surface area contributed by atoms with Gasteiger partial charge in [-0.1, -0.05) is 6.07 Å². The highest BCUT2D eigenvalue weighted by Crippen LogP contribution is 2.29. The molecule has 1 aromatic rings. The van der Waals surface area contributed by atoms with Gasteiger partial charge in [0.2, 0.25) is 5.88 Å². The molecule has 1 atom stereocenters. The number of pyridine rings is 1. The highest BCUT2D eigenvalue weighted by molar-refractivity contribution is 5.76. The Bertz CT molecular complexity index is 439. The zero-order valence-corrected chi connectivity index (χ0v) is 13.1. The van der Waals surface area contributed by atoms with E-state index in [0.717, 1.165) is 31.0 Å². The molecule has 0 amide bonds. The molecule has 1 saturated heterocycles. The number of hydrogen-bond donors (Lipinski definition) is 1. The van der Waals surface area contributed by atoms with Gasteiger partial charge in [0, 0.05) is 18.7 Å². The Balaban J connectivity index is 1.97. The van der Waals surface area contributed by atoms with Crippen LogP contribution in [0.5, 0.6) is 5.88 Å². The third kappa shape index (κ3) is 5.12. The number of piperidine rings is 1. The minimum absolute atomic E-state index is 0.251. The Morgan fingerprint density at radius 3 is 2.76 bits per heavy atom. The van der Waals surface area contributed by atoms with Crippen molar-refractivity contribution in [2.75, 3.05) is 20.2 Å². The molecule has 116 valence electrons. The van der Waals surface area contributed by atoms with E-state index in [1.807, 2.05) is 18.3 Å². The zero-order chi connectivity index (χ0) is 15.1. The summed E-state index contributed by atoms with van der Waals surface area (Å²) in [5, 5.41) is 3.40. The molecule has 1 fully saturated rings. The average Bonchev–Trinajstić information content (AvgIpc) is 2.52. The highest BCUT2D eigenvalue weighted by atomic mass is 16.5. The maximum absolute atomic E-state index is 11.5. The number of nitrogens with zero attached hydrogens (tertiary/aromatic N) is 1. The summed E-state index contributed by atoms with van der Waals surface area (Å²) >= 11 is 0. The minimum Gasteiger partial charge on any atom is -0.481 e. The highest BCUT2D eigenvalue weighted by Gasteiger charge is 2.19. The van der Waals surface area contributed by atoms with Crippen molar-refractivity contribution < 1.29 is 9.53 Å². The lowest BCUT2D eigenvalue weighted by Gasteiger charge is -2.24. The molecule has 4 nitrogen and oxygen atoms in total. The van der Waals surface area contributed by atoms with E-state index in [0.29, 0.717) is 12.3 Å². The number of methoxy groups -OCH3 is 1. The minimum atomic E-state index is 0.251. The smallest absolute Gasteiger partial charge is 0.212 e. The van der Waals surface area contributed by atoms with Gasteiger partial charge in [-0.25, -0.2) is 4.98 Å². The van der Waals surface area contributed by atoms with Crippen LogP contribution in [0, 0.1) is 5.92 Å². The van der Waals surface area contributed by atoms with Gasteiger partial charge in [-0.15, -0.1) is 0 Å². The van der Waals surface area contributed by atoms with Crippen molar-refractivity contribution >= 4 is 5.78 Å². The second kappa shape index (κ2) is 8.13. The largest absolute Gasteiger partial charge is 0.481 e. The lowest BCUT2D eigenvalue weighted by atomic mass is 9.85. The Kier molecular flexibility index (Phi) is 6.18. The number of Topliss-reactive ketones (excluding diaryl/α,β-unsaturated/α-hetero) is 1. The van der Waals surface area contributed by atoms with Gasteiger partial charge in [0.1, 0.15) is 5.78 Å². The number of carbonyl (C=O) groups is 1. The first-order valence-electron chi connectivity index (χ1n) is 7.89. The molecule has 4 heteroatoms. The second-order valence-electron chi connectivity index (χ2n) is 6.01. The molecule has 0 saturated carbocycles. The van der Waals surface area contributed by atoms with Gasteiger partial charge in [0.25, 0.3) is 0 Å². The SMILES string of the molecule is COc1ccc(C(CCC2CCNCC2)CC(C)=O)cn1. The van der Waals surface area contributed by atoms with E-state index < -0.39 is 0 Å². The number of ketones is 1. The molecule has 0 aromatic carbocycles. The van der Waals surface area contributed by atoms with Crippen LogP contribution in [0.4, 0.5) is 0 Å². The van der Waals surface area contributed by atoms with Crippen LogP contribution in [0.3, 0.4) is 0 Å². The fraction of sp³-hybridized carbons (Fsp3) is 0.647. The first-order chi connectivity index (χ1) is 10.2. The molecule has 0 spiro atoms. The summed E-state index contributed by atoms with van der Waals surface area (Å²) in [5.41, 5.74) is 1.15. The standard InChI is InChI=1S/C17H26N2O2/c1-13(20)11-15(4-3-14-7-9-18-10-8-14)16-5-6-17(21-2)19-12-16/h5-6,12,14-15,18H,3-4,7-11H2,1-2H3. The number of hydrogen-bond acceptors (Lipinski definition) is 4. The van der Waals surface area contributed by atoms with Gasteiger partial charge < -0.3 is 14.8 Å². The van der Waals surface area contributed by atoms with Gasteiger partial charge in [0.15, 0.2) is 0 Å². The molecule has 21 heavy (non-hydrogen) atoms. The molecule has 2 heterocycles. The quantitative estimate of drug-likeness (QED) is 0.839. The van der Waals surface area contributed by atoms with E-state index in [2.05, 4.69) is 10.3 Å². The van der Waals surface area contributed by atoms with Crippen LogP contribution < -0.4 is 10.1 Å². The fourth-order valence-electron chi connectivity index (χ4n) is 3.09. The first-order valence-corrected chi connectivity index (χ1v) is 7.89. The van der Waals surface area contributed by atoms with Crippen molar-refractivity contribution in [2.24, 2.45) is 5.92 Å². The summed E-state index contributed by atoms with van der Waals surface area (Å²) in [5.74, 6) is 1.96. The summed E-state index contributed by atoms with van der Waals surface area (Å²) in [6, 6.07) is 3.93. The number of ether oxygens (including phenoxy) is 1. The summed E-state index contributed by atoms with van der Waals surface area (Å²) in [6.07, 6.45) is 7.25. The molecule has 0 radical (unpaired) electrons. The normalized spacial score (nSPS) is 17.4. The third-order valence-corrected chi connectivity index (χ3v) is 4.36. The van der Waals surface area contributed by atoms with Crippen molar-refractivity contribution in [1.82, 2.24) is 10.3 Å². The lowest BCUT2D eigenvalue weighted by molar-refractivity contribution is -0.117. The van der Waals surface area contributed by atoms with Crippen LogP contribution in [-0.4, -0.2) is 31.0 Å². The van der Waals surface area contributed by atoms with Crippen LogP contribution in [0.1, 0.15) is 50.5 Å². The van der Waals surface area contributed by atoms with Crippen molar-refractivity contribution in [1.29, 1.82) is 0 Å². The topological polar surface area (TPSA) is 51.2 Å². The van der Waals surface area contributed by atoms with Gasteiger partial charge in [-0.05, 0) is 63.1 Å². The molecule has 1 aliphatic rings. The predicted molar refractivity (Wildman–Crippen MR) is 83.7 cm³/mol. The maximum atomic E-state index is 11.5. The molecule has 2 rings (SSSR count). The predicted octanol–water partition coefficient (Wildman–Crippen LogP) is 2.93. The second-order valence-corrected chi connectivity index (χ2v) is 6.01. The summed E-state index contributed by atoms with van der Waals surface area (Å²) in [4.78, 5) is 15.8. The Labute approximate surface area is 127 Å². The van der Waals surface area contributed by atoms with E-state index in [-0.39, 0.29) is 11.7 Å². The van der Waals surface area contributed by atoms with E-state index in [4.69, 9.17) is 4.74 Å². The number of aromatic nitrogens is 1. The van der Waals surface area contributed by atoms with Crippen LogP contribution in [0.25, 0.3) is 0 Å². The number of rotatable bonds is 7. The molecular weight excluding hydrogens is 264 g/mol. The lowest BCUT2D eigenvalue weighted by Crippen LogP contribution is -2.27. The molecular formula is C17H26N2O2. The number of carbonyl (C=O) groups excluding carboxylic acids is 1. The van der Waals surface area contributed by atoms with Crippen molar-refractivity contribution in [2.45, 2.75) is 44.9 Å². The first kappa shape index (κ1) is 16.0.